The van der Waals surface area contributed by atoms with Gasteiger partial charge in [0.1, 0.15) is 5.67 Å². The average molecular weight is 342 g/mol. The molecule has 0 saturated heterocycles. The first-order chi connectivity index (χ1) is 11.8. The molecule has 2 aromatic rings. The topological polar surface area (TPSA) is 51.6 Å². The number of alkyl halides is 1. The summed E-state index contributed by atoms with van der Waals surface area (Å²) in [5.41, 5.74) is 2.36. The van der Waals surface area contributed by atoms with Crippen LogP contribution in [-0.2, 0) is 5.67 Å². The molecule has 2 unspecified atom stereocenters. The first-order valence-electron chi connectivity index (χ1n) is 9.10. The van der Waals surface area contributed by atoms with Gasteiger partial charge in [-0.25, -0.2) is 4.39 Å². The Morgan fingerprint density at radius 3 is 2.44 bits per heavy atom. The van der Waals surface area contributed by atoms with Gasteiger partial charge in [-0.1, -0.05) is 20.8 Å². The molecule has 1 aliphatic carbocycles. The quantitative estimate of drug-likeness (QED) is 0.750. The molecule has 0 amide bonds. The second-order valence-corrected chi connectivity index (χ2v) is 8.15. The third kappa shape index (κ3) is 4.20. The zero-order valence-corrected chi connectivity index (χ0v) is 15.7. The van der Waals surface area contributed by atoms with Crippen molar-refractivity contribution in [3.63, 3.8) is 0 Å². The van der Waals surface area contributed by atoms with Gasteiger partial charge >= 0.3 is 0 Å². The van der Waals surface area contributed by atoms with E-state index in [2.05, 4.69) is 47.2 Å². The van der Waals surface area contributed by atoms with Gasteiger partial charge in [0.05, 0.1) is 23.8 Å². The first kappa shape index (κ1) is 17.9. The zero-order chi connectivity index (χ0) is 18.2. The maximum Gasteiger partial charge on any atom is 0.149 e. The van der Waals surface area contributed by atoms with Crippen LogP contribution >= 0.6 is 0 Å². The molecule has 2 heterocycles. The minimum atomic E-state index is -1.46. The second kappa shape index (κ2) is 6.77. The fourth-order valence-corrected chi connectivity index (χ4v) is 3.30. The standard InChI is InChI=1S/C20H27FN4/c1-12(2)15-8-18(24-22-10-15)17-7-14(17)6-13(3)16-9-19(20(4,5)21)25-23-11-16/h8-14,17H,6-7H2,1-5H3/t13-,14?,17?/m0/s1. The van der Waals surface area contributed by atoms with Gasteiger partial charge in [0.25, 0.3) is 0 Å². The van der Waals surface area contributed by atoms with Crippen LogP contribution in [0.2, 0.25) is 0 Å². The van der Waals surface area contributed by atoms with Gasteiger partial charge in [-0.05, 0) is 67.7 Å². The summed E-state index contributed by atoms with van der Waals surface area (Å²) >= 11 is 0. The molecule has 134 valence electrons. The highest BCUT2D eigenvalue weighted by Gasteiger charge is 2.40. The average Bonchev–Trinajstić information content (AvgIpc) is 3.33. The van der Waals surface area contributed by atoms with Crippen LogP contribution in [0.5, 0.6) is 0 Å². The van der Waals surface area contributed by atoms with Gasteiger partial charge in [0.15, 0.2) is 0 Å². The smallest absolute Gasteiger partial charge is 0.149 e. The summed E-state index contributed by atoms with van der Waals surface area (Å²) in [6, 6.07) is 4.05. The highest BCUT2D eigenvalue weighted by atomic mass is 19.1. The lowest BCUT2D eigenvalue weighted by Crippen LogP contribution is -2.13. The summed E-state index contributed by atoms with van der Waals surface area (Å²) in [6.07, 6.45) is 5.82. The summed E-state index contributed by atoms with van der Waals surface area (Å²) in [5.74, 6) is 1.91. The molecule has 4 nitrogen and oxygen atoms in total. The van der Waals surface area contributed by atoms with Crippen molar-refractivity contribution in [3.05, 3.63) is 47.0 Å². The lowest BCUT2D eigenvalue weighted by atomic mass is 9.94. The molecule has 1 saturated carbocycles. The fourth-order valence-electron chi connectivity index (χ4n) is 3.30. The van der Waals surface area contributed by atoms with Crippen LogP contribution in [0, 0.1) is 5.92 Å². The summed E-state index contributed by atoms with van der Waals surface area (Å²) < 4.78 is 14.1. The van der Waals surface area contributed by atoms with E-state index in [1.165, 1.54) is 19.4 Å². The van der Waals surface area contributed by atoms with E-state index in [-0.39, 0.29) is 0 Å². The van der Waals surface area contributed by atoms with Crippen molar-refractivity contribution in [2.75, 3.05) is 0 Å². The van der Waals surface area contributed by atoms with Crippen LogP contribution in [0.1, 0.15) is 87.7 Å². The van der Waals surface area contributed by atoms with Crippen molar-refractivity contribution in [1.82, 2.24) is 20.4 Å². The van der Waals surface area contributed by atoms with Crippen LogP contribution in [-0.4, -0.2) is 20.4 Å². The van der Waals surface area contributed by atoms with E-state index in [1.807, 2.05) is 12.3 Å². The lowest BCUT2D eigenvalue weighted by molar-refractivity contribution is 0.212. The minimum absolute atomic E-state index is 0.327. The van der Waals surface area contributed by atoms with Gasteiger partial charge in [0, 0.05) is 5.92 Å². The highest BCUT2D eigenvalue weighted by molar-refractivity contribution is 5.25. The SMILES string of the molecule is CC(C)c1cnnc(C2CC2C[C@H](C)c2cnnc(C(C)(C)F)c2)c1. The Hall–Kier alpha value is -1.91. The van der Waals surface area contributed by atoms with Gasteiger partial charge in [-0.15, -0.1) is 0 Å². The molecule has 0 aliphatic heterocycles. The monoisotopic (exact) mass is 342 g/mol. The van der Waals surface area contributed by atoms with E-state index in [0.717, 1.165) is 24.1 Å². The van der Waals surface area contributed by atoms with Crippen LogP contribution in [0.25, 0.3) is 0 Å². The Balaban J connectivity index is 1.66. The Bertz CT molecular complexity index is 738. The van der Waals surface area contributed by atoms with E-state index in [1.54, 1.807) is 6.20 Å². The van der Waals surface area contributed by atoms with Gasteiger partial charge in [-0.2, -0.15) is 20.4 Å². The molecule has 5 heteroatoms. The predicted molar refractivity (Wildman–Crippen MR) is 96.2 cm³/mol. The molecule has 2 aromatic heterocycles. The third-order valence-corrected chi connectivity index (χ3v) is 5.17. The van der Waals surface area contributed by atoms with Crippen molar-refractivity contribution in [3.8, 4) is 0 Å². The number of aromatic nitrogens is 4. The maximum atomic E-state index is 14.1. The number of halogens is 1. The Kier molecular flexibility index (Phi) is 4.85. The van der Waals surface area contributed by atoms with Gasteiger partial charge in [-0.3, -0.25) is 0 Å². The lowest BCUT2D eigenvalue weighted by Gasteiger charge is -2.16. The van der Waals surface area contributed by atoms with Crippen molar-refractivity contribution >= 4 is 0 Å². The molecule has 3 rings (SSSR count). The summed E-state index contributed by atoms with van der Waals surface area (Å²) in [6.45, 7) is 9.56. The molecule has 3 atom stereocenters. The van der Waals surface area contributed by atoms with Crippen molar-refractivity contribution < 1.29 is 4.39 Å². The van der Waals surface area contributed by atoms with Crippen molar-refractivity contribution in [2.45, 2.75) is 70.9 Å². The Labute approximate surface area is 149 Å². The normalized spacial score (nSPS) is 21.4. The molecule has 0 spiro atoms. The third-order valence-electron chi connectivity index (χ3n) is 5.17. The summed E-state index contributed by atoms with van der Waals surface area (Å²) in [5, 5.41) is 16.4. The number of nitrogens with zero attached hydrogens (tertiary/aromatic N) is 4. The van der Waals surface area contributed by atoms with E-state index in [4.69, 9.17) is 0 Å². The fraction of sp³-hybridized carbons (Fsp3) is 0.600. The molecule has 0 N–H and O–H groups in total. The van der Waals surface area contributed by atoms with E-state index < -0.39 is 5.67 Å². The largest absolute Gasteiger partial charge is 0.238 e. The zero-order valence-electron chi connectivity index (χ0n) is 15.7. The van der Waals surface area contributed by atoms with Crippen LogP contribution < -0.4 is 0 Å². The predicted octanol–water partition coefficient (Wildman–Crippen LogP) is 4.89. The number of hydrogen-bond donors (Lipinski definition) is 0. The molecular formula is C20H27FN4. The minimum Gasteiger partial charge on any atom is -0.238 e. The Morgan fingerprint density at radius 1 is 1.08 bits per heavy atom. The van der Waals surface area contributed by atoms with Crippen LogP contribution in [0.3, 0.4) is 0 Å². The summed E-state index contributed by atoms with van der Waals surface area (Å²) in [4.78, 5) is 0. The molecule has 1 fully saturated rings. The molecule has 1 aliphatic rings. The van der Waals surface area contributed by atoms with Crippen LogP contribution in [0.4, 0.5) is 4.39 Å². The molecule has 0 aromatic carbocycles. The van der Waals surface area contributed by atoms with Gasteiger partial charge < -0.3 is 0 Å². The molecule has 0 radical (unpaired) electrons. The second-order valence-electron chi connectivity index (χ2n) is 8.15. The van der Waals surface area contributed by atoms with E-state index >= 15 is 0 Å². The van der Waals surface area contributed by atoms with E-state index in [9.17, 15) is 4.39 Å². The van der Waals surface area contributed by atoms with Gasteiger partial charge in [0.2, 0.25) is 0 Å². The highest BCUT2D eigenvalue weighted by Crippen LogP contribution is 2.51. The van der Waals surface area contributed by atoms with Crippen LogP contribution in [0.15, 0.2) is 24.5 Å². The van der Waals surface area contributed by atoms with Crippen molar-refractivity contribution in [1.29, 1.82) is 0 Å². The first-order valence-corrected chi connectivity index (χ1v) is 9.10. The van der Waals surface area contributed by atoms with E-state index in [0.29, 0.717) is 29.4 Å². The molecule has 0 bridgehead atoms. The molecule has 25 heavy (non-hydrogen) atoms. The number of rotatable bonds is 6. The Morgan fingerprint density at radius 2 is 1.76 bits per heavy atom. The summed E-state index contributed by atoms with van der Waals surface area (Å²) in [7, 11) is 0. The number of hydrogen-bond acceptors (Lipinski definition) is 4. The maximum absolute atomic E-state index is 14.1. The molecular weight excluding hydrogens is 315 g/mol. The van der Waals surface area contributed by atoms with Crippen molar-refractivity contribution in [2.24, 2.45) is 5.92 Å².